The Morgan fingerprint density at radius 1 is 1.16 bits per heavy atom. The average molecular weight is 263 g/mol. The molecule has 1 aromatic heterocycles. The molecule has 1 heterocycles. The standard InChI is InChI=1S/C14H21N3O2/c1-18-10-11-19-9-5-4-8-15-14-16-12-6-2-3-7-13(12)17-14/h2-3,6-7H,4-5,8-11H2,1H3,(H2,15,16,17). The Bertz CT molecular complexity index is 451. The van der Waals surface area contributed by atoms with Crippen molar-refractivity contribution in [3.8, 4) is 0 Å². The van der Waals surface area contributed by atoms with Crippen LogP contribution >= 0.6 is 0 Å². The maximum atomic E-state index is 5.40. The number of imidazole rings is 1. The van der Waals surface area contributed by atoms with E-state index in [9.17, 15) is 0 Å². The second kappa shape index (κ2) is 7.76. The van der Waals surface area contributed by atoms with E-state index in [-0.39, 0.29) is 0 Å². The van der Waals surface area contributed by atoms with Crippen LogP contribution in [0.15, 0.2) is 24.3 Å². The molecule has 0 saturated heterocycles. The largest absolute Gasteiger partial charge is 0.382 e. The van der Waals surface area contributed by atoms with Gasteiger partial charge in [0.2, 0.25) is 5.95 Å². The second-order valence-electron chi connectivity index (χ2n) is 4.34. The van der Waals surface area contributed by atoms with Crippen molar-refractivity contribution in [2.24, 2.45) is 0 Å². The van der Waals surface area contributed by atoms with Crippen molar-refractivity contribution in [1.29, 1.82) is 0 Å². The van der Waals surface area contributed by atoms with Crippen LogP contribution in [-0.4, -0.2) is 43.4 Å². The molecule has 0 radical (unpaired) electrons. The van der Waals surface area contributed by atoms with Gasteiger partial charge >= 0.3 is 0 Å². The Balaban J connectivity index is 1.60. The third kappa shape index (κ3) is 4.54. The van der Waals surface area contributed by atoms with Gasteiger partial charge in [-0.25, -0.2) is 4.98 Å². The van der Waals surface area contributed by atoms with E-state index in [2.05, 4.69) is 15.3 Å². The van der Waals surface area contributed by atoms with Crippen molar-refractivity contribution < 1.29 is 9.47 Å². The summed E-state index contributed by atoms with van der Waals surface area (Å²) >= 11 is 0. The molecule has 5 heteroatoms. The van der Waals surface area contributed by atoms with E-state index in [0.717, 1.165) is 43.0 Å². The predicted molar refractivity (Wildman–Crippen MR) is 76.5 cm³/mol. The summed E-state index contributed by atoms with van der Waals surface area (Å²) in [6, 6.07) is 8.02. The molecule has 0 saturated carbocycles. The highest BCUT2D eigenvalue weighted by Crippen LogP contribution is 2.13. The van der Waals surface area contributed by atoms with Crippen molar-refractivity contribution in [3.63, 3.8) is 0 Å². The number of benzene rings is 1. The summed E-state index contributed by atoms with van der Waals surface area (Å²) in [5.74, 6) is 0.835. The number of nitrogens with zero attached hydrogens (tertiary/aromatic N) is 1. The number of unbranched alkanes of at least 4 members (excludes halogenated alkanes) is 1. The number of hydrogen-bond donors (Lipinski definition) is 2. The molecule has 0 aliphatic heterocycles. The van der Waals surface area contributed by atoms with Crippen LogP contribution in [0.2, 0.25) is 0 Å². The highest BCUT2D eigenvalue weighted by molar-refractivity contribution is 5.77. The zero-order chi connectivity index (χ0) is 13.3. The molecule has 0 aliphatic rings. The molecular weight excluding hydrogens is 242 g/mol. The number of H-pyrrole nitrogens is 1. The topological polar surface area (TPSA) is 59.2 Å². The summed E-state index contributed by atoms with van der Waals surface area (Å²) in [7, 11) is 1.68. The lowest BCUT2D eigenvalue weighted by Crippen LogP contribution is -2.06. The number of ether oxygens (including phenoxy) is 2. The van der Waals surface area contributed by atoms with Crippen molar-refractivity contribution in [1.82, 2.24) is 9.97 Å². The van der Waals surface area contributed by atoms with Crippen molar-refractivity contribution in [2.75, 3.05) is 38.8 Å². The van der Waals surface area contributed by atoms with E-state index in [1.807, 2.05) is 24.3 Å². The Kier molecular flexibility index (Phi) is 5.65. The molecule has 0 unspecified atom stereocenters. The monoisotopic (exact) mass is 263 g/mol. The van der Waals surface area contributed by atoms with E-state index < -0.39 is 0 Å². The molecule has 2 N–H and O–H groups in total. The van der Waals surface area contributed by atoms with Crippen LogP contribution in [0, 0.1) is 0 Å². The van der Waals surface area contributed by atoms with Gasteiger partial charge in [0.15, 0.2) is 0 Å². The van der Waals surface area contributed by atoms with Gasteiger partial charge in [0.1, 0.15) is 0 Å². The lowest BCUT2D eigenvalue weighted by Gasteiger charge is -2.04. The lowest BCUT2D eigenvalue weighted by molar-refractivity contribution is 0.0691. The molecule has 104 valence electrons. The summed E-state index contributed by atoms with van der Waals surface area (Å²) < 4.78 is 10.3. The number of para-hydroxylation sites is 2. The summed E-state index contributed by atoms with van der Waals surface area (Å²) in [6.45, 7) is 3.02. The maximum Gasteiger partial charge on any atom is 0.201 e. The summed E-state index contributed by atoms with van der Waals surface area (Å²) in [5, 5.41) is 3.29. The predicted octanol–water partition coefficient (Wildman–Crippen LogP) is 2.42. The average Bonchev–Trinajstić information content (AvgIpc) is 2.84. The molecular formula is C14H21N3O2. The number of methoxy groups -OCH3 is 1. The van der Waals surface area contributed by atoms with Gasteiger partial charge in [0.25, 0.3) is 0 Å². The highest BCUT2D eigenvalue weighted by atomic mass is 16.5. The first kappa shape index (κ1) is 13.8. The summed E-state index contributed by atoms with van der Waals surface area (Å²) in [4.78, 5) is 7.70. The zero-order valence-electron chi connectivity index (χ0n) is 11.3. The number of aromatic nitrogens is 2. The number of hydrogen-bond acceptors (Lipinski definition) is 4. The van der Waals surface area contributed by atoms with Gasteiger partial charge in [0, 0.05) is 20.3 Å². The van der Waals surface area contributed by atoms with Crippen LogP contribution in [-0.2, 0) is 9.47 Å². The number of aromatic amines is 1. The molecule has 1 aromatic carbocycles. The molecule has 5 nitrogen and oxygen atoms in total. The van der Waals surface area contributed by atoms with Gasteiger partial charge in [0.05, 0.1) is 24.2 Å². The van der Waals surface area contributed by atoms with Crippen LogP contribution in [0.3, 0.4) is 0 Å². The fourth-order valence-electron chi connectivity index (χ4n) is 1.82. The smallest absolute Gasteiger partial charge is 0.201 e. The van der Waals surface area contributed by atoms with Gasteiger partial charge in [-0.2, -0.15) is 0 Å². The second-order valence-corrected chi connectivity index (χ2v) is 4.34. The minimum absolute atomic E-state index is 0.664. The fourth-order valence-corrected chi connectivity index (χ4v) is 1.82. The van der Waals surface area contributed by atoms with Gasteiger partial charge in [-0.1, -0.05) is 12.1 Å². The van der Waals surface area contributed by atoms with E-state index in [0.29, 0.717) is 13.2 Å². The normalized spacial score (nSPS) is 11.0. The molecule has 0 fully saturated rings. The number of rotatable bonds is 9. The number of nitrogens with one attached hydrogen (secondary N) is 2. The molecule has 0 aliphatic carbocycles. The van der Waals surface area contributed by atoms with Gasteiger partial charge in [-0.3, -0.25) is 0 Å². The van der Waals surface area contributed by atoms with Crippen molar-refractivity contribution in [3.05, 3.63) is 24.3 Å². The van der Waals surface area contributed by atoms with Crippen LogP contribution in [0.25, 0.3) is 11.0 Å². The Morgan fingerprint density at radius 3 is 2.89 bits per heavy atom. The van der Waals surface area contributed by atoms with E-state index >= 15 is 0 Å². The van der Waals surface area contributed by atoms with E-state index in [1.54, 1.807) is 7.11 Å². The van der Waals surface area contributed by atoms with Crippen LogP contribution in [0.5, 0.6) is 0 Å². The van der Waals surface area contributed by atoms with Crippen LogP contribution < -0.4 is 5.32 Å². The molecule has 0 amide bonds. The Morgan fingerprint density at radius 2 is 2.05 bits per heavy atom. The van der Waals surface area contributed by atoms with E-state index in [4.69, 9.17) is 9.47 Å². The zero-order valence-corrected chi connectivity index (χ0v) is 11.3. The molecule has 0 spiro atoms. The lowest BCUT2D eigenvalue weighted by atomic mass is 10.3. The first-order valence-corrected chi connectivity index (χ1v) is 6.65. The number of fused-ring (bicyclic) bond motifs is 1. The third-order valence-corrected chi connectivity index (χ3v) is 2.83. The molecule has 2 rings (SSSR count). The summed E-state index contributed by atoms with van der Waals surface area (Å²) in [5.41, 5.74) is 2.06. The molecule has 0 bridgehead atoms. The van der Waals surface area contributed by atoms with Gasteiger partial charge in [-0.15, -0.1) is 0 Å². The van der Waals surface area contributed by atoms with Crippen LogP contribution in [0.1, 0.15) is 12.8 Å². The summed E-state index contributed by atoms with van der Waals surface area (Å²) in [6.07, 6.45) is 2.10. The minimum atomic E-state index is 0.664. The quantitative estimate of drug-likeness (QED) is 0.682. The molecule has 0 atom stereocenters. The Labute approximate surface area is 113 Å². The van der Waals surface area contributed by atoms with Crippen LogP contribution in [0.4, 0.5) is 5.95 Å². The molecule has 19 heavy (non-hydrogen) atoms. The number of anilines is 1. The maximum absolute atomic E-state index is 5.40. The first-order valence-electron chi connectivity index (χ1n) is 6.65. The highest BCUT2D eigenvalue weighted by Gasteiger charge is 2.00. The van der Waals surface area contributed by atoms with Gasteiger partial charge in [-0.05, 0) is 25.0 Å². The van der Waals surface area contributed by atoms with Crippen molar-refractivity contribution in [2.45, 2.75) is 12.8 Å². The van der Waals surface area contributed by atoms with Gasteiger partial charge < -0.3 is 19.8 Å². The molecule has 2 aromatic rings. The first-order chi connectivity index (χ1) is 9.40. The minimum Gasteiger partial charge on any atom is -0.382 e. The fraction of sp³-hybridized carbons (Fsp3) is 0.500. The third-order valence-electron chi connectivity index (χ3n) is 2.83. The Hall–Kier alpha value is -1.59. The van der Waals surface area contributed by atoms with E-state index in [1.165, 1.54) is 0 Å². The van der Waals surface area contributed by atoms with Crippen molar-refractivity contribution >= 4 is 17.0 Å². The SMILES string of the molecule is COCCOCCCCNc1nc2ccccc2[nH]1.